The van der Waals surface area contributed by atoms with Crippen molar-refractivity contribution in [1.29, 1.82) is 0 Å². The molecular formula is C15H21NO2. The number of aldehydes is 1. The molecule has 0 radical (unpaired) electrons. The zero-order valence-corrected chi connectivity index (χ0v) is 11.8. The summed E-state index contributed by atoms with van der Waals surface area (Å²) >= 11 is 0. The van der Waals surface area contributed by atoms with Gasteiger partial charge in [-0.05, 0) is 29.0 Å². The highest BCUT2D eigenvalue weighted by atomic mass is 16.2. The Balaban J connectivity index is 3.02. The first-order chi connectivity index (χ1) is 8.25. The normalized spacial score (nSPS) is 11.2. The van der Waals surface area contributed by atoms with Crippen molar-refractivity contribution < 1.29 is 9.59 Å². The molecule has 1 amide bonds. The minimum absolute atomic E-state index is 0.0791. The average molecular weight is 247 g/mol. The third-order valence-electron chi connectivity index (χ3n) is 3.10. The first kappa shape index (κ1) is 14.4. The van der Waals surface area contributed by atoms with Crippen molar-refractivity contribution in [2.45, 2.75) is 39.7 Å². The van der Waals surface area contributed by atoms with Crippen LogP contribution in [0.3, 0.4) is 0 Å². The number of amides is 1. The van der Waals surface area contributed by atoms with Crippen LogP contribution in [0.2, 0.25) is 0 Å². The third kappa shape index (κ3) is 3.42. The van der Waals surface area contributed by atoms with Gasteiger partial charge < -0.3 is 4.90 Å². The summed E-state index contributed by atoms with van der Waals surface area (Å²) < 4.78 is 0. The Labute approximate surface area is 109 Å². The Kier molecular flexibility index (Phi) is 4.28. The van der Waals surface area contributed by atoms with Gasteiger partial charge in [-0.2, -0.15) is 0 Å². The molecule has 1 aromatic carbocycles. The second kappa shape index (κ2) is 5.34. The zero-order valence-electron chi connectivity index (χ0n) is 11.8. The summed E-state index contributed by atoms with van der Waals surface area (Å²) in [6.45, 7) is 8.94. The number of benzene rings is 1. The molecule has 0 unspecified atom stereocenters. The van der Waals surface area contributed by atoms with Crippen molar-refractivity contribution in [3.05, 3.63) is 34.9 Å². The Bertz CT molecular complexity index is 458. The van der Waals surface area contributed by atoms with Crippen LogP contribution < -0.4 is 0 Å². The van der Waals surface area contributed by atoms with E-state index in [9.17, 15) is 9.59 Å². The van der Waals surface area contributed by atoms with Crippen LogP contribution in [-0.4, -0.2) is 24.1 Å². The maximum absolute atomic E-state index is 11.3. The lowest BCUT2D eigenvalue weighted by Gasteiger charge is -2.22. The molecule has 0 saturated heterocycles. The number of carbonyl (C=O) groups excluding carboxylic acids is 2. The lowest BCUT2D eigenvalue weighted by molar-refractivity contribution is -0.138. The van der Waals surface area contributed by atoms with E-state index in [1.807, 2.05) is 6.92 Å². The van der Waals surface area contributed by atoms with Crippen molar-refractivity contribution in [1.82, 2.24) is 4.90 Å². The third-order valence-corrected chi connectivity index (χ3v) is 3.10. The summed E-state index contributed by atoms with van der Waals surface area (Å²) in [6.07, 6.45) is 0.350. The fraction of sp³-hybridized carbons (Fsp3) is 0.467. The smallest absolute Gasteiger partial charge is 0.286 e. The molecule has 0 saturated carbocycles. The molecular weight excluding hydrogens is 226 g/mol. The van der Waals surface area contributed by atoms with Crippen LogP contribution >= 0.6 is 0 Å². The molecule has 3 heteroatoms. The summed E-state index contributed by atoms with van der Waals surface area (Å²) in [4.78, 5) is 23.2. The SMILES string of the molecule is Cc1ccc(C(C)(C)C)cc1CN(C)C(=O)C=O. The van der Waals surface area contributed by atoms with Gasteiger partial charge in [0.2, 0.25) is 6.29 Å². The molecule has 0 spiro atoms. The van der Waals surface area contributed by atoms with Gasteiger partial charge in [-0.15, -0.1) is 0 Å². The van der Waals surface area contributed by atoms with E-state index in [1.54, 1.807) is 7.05 Å². The molecule has 0 bridgehead atoms. The Hall–Kier alpha value is -1.64. The van der Waals surface area contributed by atoms with E-state index in [0.717, 1.165) is 11.1 Å². The largest absolute Gasteiger partial charge is 0.335 e. The van der Waals surface area contributed by atoms with Crippen LogP contribution in [0.5, 0.6) is 0 Å². The Morgan fingerprint density at radius 2 is 1.94 bits per heavy atom. The molecule has 0 heterocycles. The molecule has 0 fully saturated rings. The Morgan fingerprint density at radius 1 is 1.33 bits per heavy atom. The van der Waals surface area contributed by atoms with Crippen LogP contribution in [0.1, 0.15) is 37.5 Å². The first-order valence-electron chi connectivity index (χ1n) is 6.06. The molecule has 1 aromatic rings. The summed E-state index contributed by atoms with van der Waals surface area (Å²) in [5, 5.41) is 0. The van der Waals surface area contributed by atoms with Crippen molar-refractivity contribution in [3.63, 3.8) is 0 Å². The van der Waals surface area contributed by atoms with E-state index >= 15 is 0 Å². The fourth-order valence-corrected chi connectivity index (χ4v) is 1.73. The molecule has 0 N–H and O–H groups in total. The highest BCUT2D eigenvalue weighted by Crippen LogP contribution is 2.24. The second-order valence-electron chi connectivity index (χ2n) is 5.70. The van der Waals surface area contributed by atoms with Crippen LogP contribution in [0.25, 0.3) is 0 Å². The van der Waals surface area contributed by atoms with Gasteiger partial charge in [-0.1, -0.05) is 39.0 Å². The molecule has 0 aliphatic rings. The lowest BCUT2D eigenvalue weighted by Crippen LogP contribution is -2.27. The summed E-state index contributed by atoms with van der Waals surface area (Å²) in [5.41, 5.74) is 3.53. The van der Waals surface area contributed by atoms with Crippen LogP contribution in [-0.2, 0) is 21.5 Å². The summed E-state index contributed by atoms with van der Waals surface area (Å²) in [6, 6.07) is 6.29. The number of likely N-dealkylation sites (N-methyl/N-ethyl adjacent to an activating group) is 1. The van der Waals surface area contributed by atoms with Crippen LogP contribution in [0.4, 0.5) is 0 Å². The lowest BCUT2D eigenvalue weighted by atomic mass is 9.85. The molecule has 0 atom stereocenters. The average Bonchev–Trinajstić information content (AvgIpc) is 2.29. The predicted molar refractivity (Wildman–Crippen MR) is 72.4 cm³/mol. The van der Waals surface area contributed by atoms with E-state index in [2.05, 4.69) is 39.0 Å². The van der Waals surface area contributed by atoms with Crippen molar-refractivity contribution in [2.75, 3.05) is 7.05 Å². The summed E-state index contributed by atoms with van der Waals surface area (Å²) in [7, 11) is 1.64. The van der Waals surface area contributed by atoms with Gasteiger partial charge in [0, 0.05) is 13.6 Å². The number of hydrogen-bond donors (Lipinski definition) is 0. The molecule has 98 valence electrons. The van der Waals surface area contributed by atoms with Gasteiger partial charge in [0.05, 0.1) is 0 Å². The van der Waals surface area contributed by atoms with Gasteiger partial charge >= 0.3 is 0 Å². The van der Waals surface area contributed by atoms with Crippen molar-refractivity contribution in [3.8, 4) is 0 Å². The van der Waals surface area contributed by atoms with E-state index in [0.29, 0.717) is 12.8 Å². The predicted octanol–water partition coefficient (Wildman–Crippen LogP) is 2.45. The Morgan fingerprint density at radius 3 is 2.44 bits per heavy atom. The van der Waals surface area contributed by atoms with Crippen molar-refractivity contribution >= 4 is 12.2 Å². The van der Waals surface area contributed by atoms with Crippen molar-refractivity contribution in [2.24, 2.45) is 0 Å². The summed E-state index contributed by atoms with van der Waals surface area (Å²) in [5.74, 6) is -0.490. The topological polar surface area (TPSA) is 37.4 Å². The number of hydrogen-bond acceptors (Lipinski definition) is 2. The van der Waals surface area contributed by atoms with Gasteiger partial charge in [0.15, 0.2) is 0 Å². The molecule has 0 aromatic heterocycles. The van der Waals surface area contributed by atoms with E-state index in [4.69, 9.17) is 0 Å². The number of nitrogens with zero attached hydrogens (tertiary/aromatic N) is 1. The molecule has 1 rings (SSSR count). The maximum Gasteiger partial charge on any atom is 0.286 e. The fourth-order valence-electron chi connectivity index (χ4n) is 1.73. The molecule has 0 aliphatic carbocycles. The van der Waals surface area contributed by atoms with Gasteiger partial charge in [-0.25, -0.2) is 0 Å². The maximum atomic E-state index is 11.3. The van der Waals surface area contributed by atoms with Gasteiger partial charge in [0.25, 0.3) is 5.91 Å². The molecule has 3 nitrogen and oxygen atoms in total. The molecule has 0 aliphatic heterocycles. The second-order valence-corrected chi connectivity index (χ2v) is 5.70. The minimum Gasteiger partial charge on any atom is -0.335 e. The van der Waals surface area contributed by atoms with Gasteiger partial charge in [-0.3, -0.25) is 9.59 Å². The van der Waals surface area contributed by atoms with E-state index in [-0.39, 0.29) is 5.41 Å². The number of carbonyl (C=O) groups is 2. The highest BCUT2D eigenvalue weighted by Gasteiger charge is 2.16. The number of rotatable bonds is 3. The monoisotopic (exact) mass is 247 g/mol. The minimum atomic E-state index is -0.490. The number of aryl methyl sites for hydroxylation is 1. The van der Waals surface area contributed by atoms with E-state index in [1.165, 1.54) is 10.5 Å². The first-order valence-corrected chi connectivity index (χ1v) is 6.06. The van der Waals surface area contributed by atoms with Crippen LogP contribution in [0, 0.1) is 6.92 Å². The van der Waals surface area contributed by atoms with Gasteiger partial charge in [0.1, 0.15) is 0 Å². The highest BCUT2D eigenvalue weighted by molar-refractivity contribution is 6.23. The molecule has 18 heavy (non-hydrogen) atoms. The standard InChI is InChI=1S/C15H21NO2/c1-11-6-7-13(15(2,3)4)8-12(11)9-16(5)14(18)10-17/h6-8,10H,9H2,1-5H3. The zero-order chi connectivity index (χ0) is 13.9. The quantitative estimate of drug-likeness (QED) is 0.607. The van der Waals surface area contributed by atoms with E-state index < -0.39 is 5.91 Å². The van der Waals surface area contributed by atoms with Crippen LogP contribution in [0.15, 0.2) is 18.2 Å².